The molecule has 0 aliphatic carbocycles. The van der Waals surface area contributed by atoms with Crippen LogP contribution in [-0.2, 0) is 9.47 Å². The third-order valence-corrected chi connectivity index (χ3v) is 9.93. The highest BCUT2D eigenvalue weighted by Crippen LogP contribution is 2.23. The molecule has 5 N–H and O–H groups in total. The molecule has 76 heavy (non-hydrogen) atoms. The van der Waals surface area contributed by atoms with Crippen molar-refractivity contribution < 1.29 is 63.3 Å². The molecule has 0 unspecified atom stereocenters. The molecule has 0 saturated heterocycles. The van der Waals surface area contributed by atoms with Gasteiger partial charge in [0, 0.05) is 34.9 Å². The van der Waals surface area contributed by atoms with Gasteiger partial charge in [-0.3, -0.25) is 35.3 Å². The Morgan fingerprint density at radius 2 is 0.882 bits per heavy atom. The number of anilines is 1. The average molecular weight is 1100 g/mol. The molecule has 0 aliphatic heterocycles. The number of carboxylic acid groups (broad SMARTS) is 2. The number of benzene rings is 4. The van der Waals surface area contributed by atoms with Crippen LogP contribution in [0.4, 0.5) is 22.7 Å². The Labute approximate surface area is 439 Å². The van der Waals surface area contributed by atoms with Crippen molar-refractivity contribution in [2.45, 2.75) is 0 Å². The van der Waals surface area contributed by atoms with Gasteiger partial charge in [0.2, 0.25) is 0 Å². The molecule has 0 aliphatic rings. The highest BCUT2D eigenvalue weighted by atomic mass is 79.9. The zero-order valence-electron chi connectivity index (χ0n) is 39.5. The van der Waals surface area contributed by atoms with Crippen molar-refractivity contribution >= 4 is 70.2 Å². The van der Waals surface area contributed by atoms with E-state index in [1.807, 2.05) is 12.1 Å². The summed E-state index contributed by atoms with van der Waals surface area (Å²) in [5.41, 5.74) is 11.1. The summed E-state index contributed by atoms with van der Waals surface area (Å²) in [4.78, 5) is 89.4. The number of ether oxygens (including phenoxy) is 2. The monoisotopic (exact) mass is 1100 g/mol. The molecule has 0 fully saturated rings. The second kappa shape index (κ2) is 29.2. The molecule has 4 aromatic carbocycles. The number of halogens is 1. The number of nitro groups is 3. The van der Waals surface area contributed by atoms with Crippen molar-refractivity contribution in [2.75, 3.05) is 20.0 Å². The van der Waals surface area contributed by atoms with Crippen LogP contribution in [0.3, 0.4) is 0 Å². The maximum absolute atomic E-state index is 11.4. The van der Waals surface area contributed by atoms with Crippen LogP contribution in [0.15, 0.2) is 175 Å². The summed E-state index contributed by atoms with van der Waals surface area (Å²) in [6, 6.07) is 38.1. The number of carboxylic acids is 2. The Bertz CT molecular complexity index is 3300. The number of aromatic nitrogens is 4. The van der Waals surface area contributed by atoms with Crippen LogP contribution in [0.25, 0.3) is 33.8 Å². The number of carbonyl (C=O) groups excluding carboxylic acids is 2. The van der Waals surface area contributed by atoms with Gasteiger partial charge in [0.05, 0.1) is 80.2 Å². The molecule has 26 heteroatoms. The van der Waals surface area contributed by atoms with Gasteiger partial charge >= 0.3 is 31.6 Å². The van der Waals surface area contributed by atoms with Gasteiger partial charge in [-0.2, -0.15) is 0 Å². The van der Waals surface area contributed by atoms with Crippen LogP contribution >= 0.6 is 15.9 Å². The predicted molar refractivity (Wildman–Crippen MR) is 277 cm³/mol. The number of methoxy groups -OCH3 is 2. The largest absolute Gasteiger partial charge is 0.569 e. The Hall–Kier alpha value is -10.3. The number of nitrogens with two attached hydrogens (primary N) is 1. The number of nitrogens with zero attached hydrogens (tertiary/aromatic N) is 7. The van der Waals surface area contributed by atoms with Crippen LogP contribution in [0.1, 0.15) is 41.4 Å². The summed E-state index contributed by atoms with van der Waals surface area (Å²) in [5.74, 6) is -2.57. The third-order valence-electron chi connectivity index (χ3n) is 9.46. The molecule has 4 aromatic heterocycles. The zero-order chi connectivity index (χ0) is 55.7. The maximum Gasteiger partial charge on any atom is 0.569 e. The highest BCUT2D eigenvalue weighted by molar-refractivity contribution is 9.10. The number of rotatable bonds is 12. The smallest absolute Gasteiger partial charge is 0.537 e. The van der Waals surface area contributed by atoms with Crippen molar-refractivity contribution in [3.63, 3.8) is 0 Å². The second-order valence-electron chi connectivity index (χ2n) is 14.5. The number of carbonyl (C=O) groups is 4. The lowest BCUT2D eigenvalue weighted by molar-refractivity contribution is -0.385. The molecule has 4 heterocycles. The molecule has 24 nitrogen and oxygen atoms in total. The Morgan fingerprint density at radius 1 is 0.513 bits per heavy atom. The van der Waals surface area contributed by atoms with Gasteiger partial charge in [-0.25, -0.2) is 34.1 Å². The van der Waals surface area contributed by atoms with Crippen LogP contribution < -0.4 is 10.4 Å². The van der Waals surface area contributed by atoms with Gasteiger partial charge in [-0.1, -0.05) is 42.5 Å². The molecule has 0 saturated carbocycles. The van der Waals surface area contributed by atoms with E-state index in [-0.39, 0.29) is 39.9 Å². The van der Waals surface area contributed by atoms with E-state index in [1.165, 1.54) is 93.3 Å². The van der Waals surface area contributed by atoms with Gasteiger partial charge < -0.3 is 35.1 Å². The predicted octanol–water partition coefficient (Wildman–Crippen LogP) is 8.96. The van der Waals surface area contributed by atoms with E-state index in [2.05, 4.69) is 50.0 Å². The number of pyridine rings is 4. The minimum absolute atomic E-state index is 0.00296. The van der Waals surface area contributed by atoms with E-state index in [1.54, 1.807) is 72.9 Å². The number of esters is 2. The van der Waals surface area contributed by atoms with E-state index >= 15 is 0 Å². The fourth-order valence-electron chi connectivity index (χ4n) is 5.80. The summed E-state index contributed by atoms with van der Waals surface area (Å²) in [6.07, 6.45) is 5.10. The Morgan fingerprint density at radius 3 is 1.22 bits per heavy atom. The van der Waals surface area contributed by atoms with Crippen LogP contribution in [0, 0.1) is 30.3 Å². The standard InChI is InChI=1S/C13H10N2O4.C13H12N2O2.C12H8N2O4.C7H6BO4.C5H3BrN2O2/c1-19-13(16)10-4-2-3-9(7-10)12-6-5-11(8-14-12)15(17)18;1-17-13(16)10-4-2-3-9(7-10)12-6-5-11(14)8-15-12;15-12(16)9-3-1-2-8(6-9)11-5-4-10(7-13-11)14(17)18;9-7(10)5-2-1-3-6(4-5)12-8-11;6-5-2-1-4(3-7-5)8(9)10/h2-8H,1H3;2-8H,14H2,1H3;1-7H,(H,15,16);1-4,11H,(H,9,10);1-3H. The summed E-state index contributed by atoms with van der Waals surface area (Å²) in [7, 11) is 3.16. The molecule has 0 amide bonds. The molecular weight excluding hydrogens is 1060 g/mol. The van der Waals surface area contributed by atoms with Crippen molar-refractivity contribution in [1.82, 2.24) is 19.9 Å². The van der Waals surface area contributed by atoms with Crippen LogP contribution in [0.5, 0.6) is 5.75 Å². The quantitative estimate of drug-likeness (QED) is 0.0291. The van der Waals surface area contributed by atoms with E-state index in [4.69, 9.17) is 21.0 Å². The van der Waals surface area contributed by atoms with Gasteiger partial charge in [0.1, 0.15) is 28.9 Å². The van der Waals surface area contributed by atoms with Crippen molar-refractivity contribution in [3.05, 3.63) is 228 Å². The number of hydrogen-bond donors (Lipinski definition) is 4. The lowest BCUT2D eigenvalue weighted by Gasteiger charge is -2.03. The van der Waals surface area contributed by atoms with E-state index in [0.717, 1.165) is 17.5 Å². The van der Waals surface area contributed by atoms with Crippen molar-refractivity contribution in [3.8, 4) is 39.5 Å². The summed E-state index contributed by atoms with van der Waals surface area (Å²) in [5, 5.41) is 56.7. The fourth-order valence-corrected chi connectivity index (χ4v) is 6.04. The van der Waals surface area contributed by atoms with E-state index in [9.17, 15) is 49.5 Å². The number of hydrogen-bond acceptors (Lipinski definition) is 19. The lowest BCUT2D eigenvalue weighted by atomic mass is 10.1. The van der Waals surface area contributed by atoms with E-state index < -0.39 is 32.7 Å². The molecule has 0 spiro atoms. The SMILES string of the molecule is COC(=O)c1cccc(-c2ccc(N)cn2)c1.COC(=O)c1cccc(-c2ccc([N+](=O)[O-])cn2)c1.O=C(O)c1cccc(-c2ccc([N+](=O)[O-])cn2)c1.O=C(O)c1cccc(O[B]O)c1.O=[N+]([O-])c1ccc(Br)nc1. The minimum Gasteiger partial charge on any atom is -0.537 e. The second-order valence-corrected chi connectivity index (χ2v) is 15.3. The number of nitrogen functional groups attached to an aromatic ring is 1. The summed E-state index contributed by atoms with van der Waals surface area (Å²) in [6.45, 7) is 0. The zero-order valence-corrected chi connectivity index (χ0v) is 41.1. The van der Waals surface area contributed by atoms with Crippen LogP contribution in [0.2, 0.25) is 0 Å². The van der Waals surface area contributed by atoms with Crippen molar-refractivity contribution in [1.29, 1.82) is 0 Å². The third kappa shape index (κ3) is 18.4. The van der Waals surface area contributed by atoms with Crippen LogP contribution in [-0.4, -0.2) is 95.7 Å². The van der Waals surface area contributed by atoms with Gasteiger partial charge in [0.25, 0.3) is 17.1 Å². The molecule has 0 atom stereocenters. The lowest BCUT2D eigenvalue weighted by Crippen LogP contribution is -2.01. The van der Waals surface area contributed by atoms with E-state index in [0.29, 0.717) is 51.6 Å². The van der Waals surface area contributed by atoms with Gasteiger partial charge in [0.15, 0.2) is 0 Å². The molecular formula is C50H39BBrN8O16. The normalized spacial score (nSPS) is 9.74. The maximum atomic E-state index is 11.4. The molecule has 8 rings (SSSR count). The minimum atomic E-state index is -1.03. The van der Waals surface area contributed by atoms with Gasteiger partial charge in [-0.15, -0.1) is 0 Å². The van der Waals surface area contributed by atoms with Crippen molar-refractivity contribution in [2.24, 2.45) is 0 Å². The Balaban J connectivity index is 0.000000209. The average Bonchev–Trinajstić information content (AvgIpc) is 3.44. The first-order chi connectivity index (χ1) is 36.3. The Kier molecular flexibility index (Phi) is 22.4. The van der Waals surface area contributed by atoms with Gasteiger partial charge in [-0.05, 0) is 101 Å². The molecule has 8 aromatic rings. The topological polar surface area (TPSA) is 364 Å². The molecule has 385 valence electrons. The molecule has 0 bridgehead atoms. The first-order valence-electron chi connectivity index (χ1n) is 21.2. The number of aromatic carboxylic acids is 2. The highest BCUT2D eigenvalue weighted by Gasteiger charge is 2.12. The first-order valence-corrected chi connectivity index (χ1v) is 22.0. The summed E-state index contributed by atoms with van der Waals surface area (Å²) < 4.78 is 14.5. The summed E-state index contributed by atoms with van der Waals surface area (Å²) >= 11 is 3.06. The molecule has 1 radical (unpaired) electrons. The first kappa shape index (κ1) is 58.2. The fraction of sp³-hybridized carbons (Fsp3) is 0.0400.